The number of aryl methyl sites for hydroxylation is 1. The van der Waals surface area contributed by atoms with Crippen molar-refractivity contribution in [2.24, 2.45) is 0 Å². The van der Waals surface area contributed by atoms with Crippen molar-refractivity contribution in [2.45, 2.75) is 25.9 Å². The van der Waals surface area contributed by atoms with Crippen molar-refractivity contribution in [1.82, 2.24) is 9.97 Å². The Hall–Kier alpha value is -4.24. The van der Waals surface area contributed by atoms with Crippen molar-refractivity contribution in [3.63, 3.8) is 0 Å². The van der Waals surface area contributed by atoms with Crippen LogP contribution in [0.4, 0.5) is 9.93 Å². The van der Waals surface area contributed by atoms with Crippen molar-refractivity contribution in [1.29, 1.82) is 0 Å². The maximum absolute atomic E-state index is 12.3. The first kappa shape index (κ1) is 24.9. The lowest BCUT2D eigenvalue weighted by Crippen LogP contribution is -2.12. The molecule has 0 atom stereocenters. The minimum atomic E-state index is -0.809. The van der Waals surface area contributed by atoms with Crippen molar-refractivity contribution in [2.75, 3.05) is 12.4 Å². The van der Waals surface area contributed by atoms with Crippen LogP contribution >= 0.6 is 11.3 Å². The number of benzene rings is 2. The Morgan fingerprint density at radius 2 is 1.75 bits per heavy atom. The molecule has 8 nitrogen and oxygen atoms in total. The van der Waals surface area contributed by atoms with Crippen LogP contribution in [-0.2, 0) is 29.0 Å². The highest BCUT2D eigenvalue weighted by Crippen LogP contribution is 2.30. The molecule has 0 fully saturated rings. The Kier molecular flexibility index (Phi) is 8.61. The molecular weight excluding hydrogens is 478 g/mol. The smallest absolute Gasteiger partial charge is 0.493 e. The third-order valence-electron chi connectivity index (χ3n) is 5.19. The van der Waals surface area contributed by atoms with Crippen molar-refractivity contribution < 1.29 is 23.8 Å². The summed E-state index contributed by atoms with van der Waals surface area (Å²) in [6.45, 7) is 0.119. The highest BCUT2D eigenvalue weighted by Gasteiger charge is 2.14. The average molecular weight is 504 g/mol. The van der Waals surface area contributed by atoms with E-state index in [9.17, 15) is 9.59 Å². The molecule has 0 saturated carbocycles. The molecule has 1 N–H and O–H groups in total. The van der Waals surface area contributed by atoms with Crippen LogP contribution in [0.2, 0.25) is 0 Å². The van der Waals surface area contributed by atoms with Gasteiger partial charge in [-0.3, -0.25) is 9.78 Å². The Morgan fingerprint density at radius 1 is 0.944 bits per heavy atom. The zero-order valence-corrected chi connectivity index (χ0v) is 20.5. The molecule has 0 spiro atoms. The number of thiazole rings is 1. The summed E-state index contributed by atoms with van der Waals surface area (Å²) in [5.41, 5.74) is 2.87. The van der Waals surface area contributed by atoms with Crippen LogP contribution in [-0.4, -0.2) is 29.1 Å². The van der Waals surface area contributed by atoms with E-state index in [1.807, 2.05) is 48.5 Å². The molecule has 2 heterocycles. The molecule has 0 saturated heterocycles. The standard InChI is InChI=1S/C27H25N3O5S/c1-33-24-16-21(7-9-23(24)35-27(32)34-18-20-5-3-2-4-6-20)15-22-17-29-26(36-22)30-25(31)10-8-19-11-13-28-14-12-19/h2-7,9,11-14,16-17H,8,10,15,18H2,1H3,(H,29,30,31). The van der Waals surface area contributed by atoms with E-state index in [-0.39, 0.29) is 18.3 Å². The molecule has 184 valence electrons. The largest absolute Gasteiger partial charge is 0.514 e. The van der Waals surface area contributed by atoms with Gasteiger partial charge in [-0.05, 0) is 47.4 Å². The summed E-state index contributed by atoms with van der Waals surface area (Å²) in [7, 11) is 1.51. The van der Waals surface area contributed by atoms with Crippen LogP contribution in [0.3, 0.4) is 0 Å². The van der Waals surface area contributed by atoms with Gasteiger partial charge < -0.3 is 19.5 Å². The second kappa shape index (κ2) is 12.5. The van der Waals surface area contributed by atoms with Gasteiger partial charge in [0.05, 0.1) is 7.11 Å². The van der Waals surface area contributed by atoms with E-state index < -0.39 is 6.16 Å². The number of ether oxygens (including phenoxy) is 3. The van der Waals surface area contributed by atoms with Gasteiger partial charge >= 0.3 is 6.16 Å². The van der Waals surface area contributed by atoms with Crippen LogP contribution in [0.5, 0.6) is 11.5 Å². The van der Waals surface area contributed by atoms with E-state index in [1.165, 1.54) is 18.4 Å². The molecule has 4 rings (SSSR count). The van der Waals surface area contributed by atoms with Gasteiger partial charge in [-0.25, -0.2) is 9.78 Å². The number of hydrogen-bond donors (Lipinski definition) is 1. The molecule has 9 heteroatoms. The number of amides is 1. The fourth-order valence-electron chi connectivity index (χ4n) is 3.38. The maximum Gasteiger partial charge on any atom is 0.514 e. The molecule has 0 aliphatic heterocycles. The number of rotatable bonds is 10. The number of hydrogen-bond acceptors (Lipinski definition) is 8. The summed E-state index contributed by atoms with van der Waals surface area (Å²) in [6, 6.07) is 18.5. The topological polar surface area (TPSA) is 99.6 Å². The number of carbonyl (C=O) groups excluding carboxylic acids is 2. The summed E-state index contributed by atoms with van der Waals surface area (Å²) in [6.07, 6.45) is 5.95. The Labute approximate surface area is 212 Å². The van der Waals surface area contributed by atoms with Gasteiger partial charge in [0.2, 0.25) is 5.91 Å². The quantitative estimate of drug-likeness (QED) is 0.228. The summed E-state index contributed by atoms with van der Waals surface area (Å²) < 4.78 is 15.9. The summed E-state index contributed by atoms with van der Waals surface area (Å²) in [5.74, 6) is 0.596. The second-order valence-electron chi connectivity index (χ2n) is 7.82. The lowest BCUT2D eigenvalue weighted by molar-refractivity contribution is -0.116. The molecule has 36 heavy (non-hydrogen) atoms. The zero-order chi connectivity index (χ0) is 25.2. The molecule has 0 aliphatic rings. The second-order valence-corrected chi connectivity index (χ2v) is 8.94. The molecule has 2 aromatic carbocycles. The van der Waals surface area contributed by atoms with E-state index >= 15 is 0 Å². The minimum Gasteiger partial charge on any atom is -0.493 e. The van der Waals surface area contributed by atoms with Crippen LogP contribution in [0.25, 0.3) is 0 Å². The number of aromatic nitrogens is 2. The lowest BCUT2D eigenvalue weighted by Gasteiger charge is -2.11. The monoisotopic (exact) mass is 503 g/mol. The SMILES string of the molecule is COc1cc(Cc2cnc(NC(=O)CCc3ccncc3)s2)ccc1OC(=O)OCc1ccccc1. The summed E-state index contributed by atoms with van der Waals surface area (Å²) >= 11 is 1.41. The Bertz CT molecular complexity index is 1300. The average Bonchev–Trinajstić information content (AvgIpc) is 3.34. The number of pyridine rings is 1. The predicted octanol–water partition coefficient (Wildman–Crippen LogP) is 5.42. The molecule has 0 bridgehead atoms. The normalized spacial score (nSPS) is 10.5. The Morgan fingerprint density at radius 3 is 2.53 bits per heavy atom. The van der Waals surface area contributed by atoms with Crippen LogP contribution in [0.15, 0.2) is 79.3 Å². The van der Waals surface area contributed by atoms with Crippen LogP contribution in [0.1, 0.15) is 28.0 Å². The number of methoxy groups -OCH3 is 1. The molecule has 4 aromatic rings. The first-order valence-electron chi connectivity index (χ1n) is 11.3. The Balaban J connectivity index is 1.29. The molecule has 2 aromatic heterocycles. The fourth-order valence-corrected chi connectivity index (χ4v) is 4.24. The highest BCUT2D eigenvalue weighted by molar-refractivity contribution is 7.15. The van der Waals surface area contributed by atoms with Crippen molar-refractivity contribution in [3.05, 3.63) is 101 Å². The van der Waals surface area contributed by atoms with E-state index in [1.54, 1.807) is 30.7 Å². The maximum atomic E-state index is 12.3. The van der Waals surface area contributed by atoms with Crippen LogP contribution < -0.4 is 14.8 Å². The highest BCUT2D eigenvalue weighted by atomic mass is 32.1. The zero-order valence-electron chi connectivity index (χ0n) is 19.7. The number of anilines is 1. The molecular formula is C27H25N3O5S. The van der Waals surface area contributed by atoms with E-state index in [0.29, 0.717) is 30.1 Å². The first-order chi connectivity index (χ1) is 17.6. The van der Waals surface area contributed by atoms with E-state index in [0.717, 1.165) is 21.6 Å². The van der Waals surface area contributed by atoms with Crippen molar-refractivity contribution >= 4 is 28.5 Å². The number of carbonyl (C=O) groups is 2. The predicted molar refractivity (Wildman–Crippen MR) is 136 cm³/mol. The fraction of sp³-hybridized carbons (Fsp3) is 0.185. The van der Waals surface area contributed by atoms with Gasteiger partial charge in [0.25, 0.3) is 0 Å². The third-order valence-corrected chi connectivity index (χ3v) is 6.10. The van der Waals surface area contributed by atoms with E-state index in [2.05, 4.69) is 15.3 Å². The molecule has 1 amide bonds. The van der Waals surface area contributed by atoms with Gasteiger partial charge in [0.15, 0.2) is 16.6 Å². The van der Waals surface area contributed by atoms with Gasteiger partial charge in [0, 0.05) is 36.3 Å². The lowest BCUT2D eigenvalue weighted by atomic mass is 10.1. The van der Waals surface area contributed by atoms with Gasteiger partial charge in [-0.2, -0.15) is 0 Å². The summed E-state index contributed by atoms with van der Waals surface area (Å²) in [4.78, 5) is 33.6. The molecule has 0 unspecified atom stereocenters. The number of nitrogens with zero attached hydrogens (tertiary/aromatic N) is 2. The third kappa shape index (κ3) is 7.38. The number of nitrogens with one attached hydrogen (secondary N) is 1. The van der Waals surface area contributed by atoms with Gasteiger partial charge in [-0.15, -0.1) is 11.3 Å². The molecule has 0 aliphatic carbocycles. The minimum absolute atomic E-state index is 0.0879. The first-order valence-corrected chi connectivity index (χ1v) is 12.1. The van der Waals surface area contributed by atoms with Gasteiger partial charge in [-0.1, -0.05) is 36.4 Å². The summed E-state index contributed by atoms with van der Waals surface area (Å²) in [5, 5.41) is 3.41. The van der Waals surface area contributed by atoms with E-state index in [4.69, 9.17) is 14.2 Å². The van der Waals surface area contributed by atoms with Gasteiger partial charge in [0.1, 0.15) is 6.61 Å². The van der Waals surface area contributed by atoms with Crippen LogP contribution in [0, 0.1) is 0 Å². The van der Waals surface area contributed by atoms with Crippen molar-refractivity contribution in [3.8, 4) is 11.5 Å². The molecule has 0 radical (unpaired) electrons.